The van der Waals surface area contributed by atoms with Crippen molar-refractivity contribution in [3.63, 3.8) is 0 Å². The number of imidazole rings is 1. The number of nitrogens with one attached hydrogen (secondary N) is 1. The van der Waals surface area contributed by atoms with Gasteiger partial charge in [-0.2, -0.15) is 0 Å². The van der Waals surface area contributed by atoms with Gasteiger partial charge in [0.25, 0.3) is 0 Å². The molecule has 0 amide bonds. The number of fused-ring (bicyclic) bond motifs is 1. The summed E-state index contributed by atoms with van der Waals surface area (Å²) in [5.74, 6) is 1.71. The zero-order valence-corrected chi connectivity index (χ0v) is 14.7. The van der Waals surface area contributed by atoms with Crippen molar-refractivity contribution in [2.75, 3.05) is 11.9 Å². The summed E-state index contributed by atoms with van der Waals surface area (Å²) < 4.78 is 8.04. The first-order valence-corrected chi connectivity index (χ1v) is 8.76. The van der Waals surface area contributed by atoms with Gasteiger partial charge in [-0.25, -0.2) is 4.98 Å². The van der Waals surface area contributed by atoms with Crippen LogP contribution >= 0.6 is 0 Å². The Kier molecular flexibility index (Phi) is 4.56. The molecule has 0 aliphatic heterocycles. The first kappa shape index (κ1) is 16.2. The first-order valence-electron chi connectivity index (χ1n) is 8.76. The van der Waals surface area contributed by atoms with Crippen LogP contribution in [0.3, 0.4) is 0 Å². The summed E-state index contributed by atoms with van der Waals surface area (Å²) in [6, 6.07) is 26.4. The fourth-order valence-corrected chi connectivity index (χ4v) is 2.93. The van der Waals surface area contributed by atoms with Gasteiger partial charge in [0, 0.05) is 5.69 Å². The fraction of sp³-hybridized carbons (Fsp3) is 0.136. The van der Waals surface area contributed by atoms with Crippen LogP contribution in [0.2, 0.25) is 0 Å². The number of aryl methyl sites for hydroxylation is 1. The number of benzene rings is 3. The van der Waals surface area contributed by atoms with E-state index >= 15 is 0 Å². The van der Waals surface area contributed by atoms with Crippen LogP contribution in [0.15, 0.2) is 78.9 Å². The minimum Gasteiger partial charge on any atom is -0.492 e. The van der Waals surface area contributed by atoms with Crippen molar-refractivity contribution in [3.05, 3.63) is 84.4 Å². The average Bonchev–Trinajstić information content (AvgIpc) is 3.02. The smallest absolute Gasteiger partial charge is 0.208 e. The number of para-hydroxylation sites is 3. The molecule has 1 N–H and O–H groups in total. The van der Waals surface area contributed by atoms with E-state index in [0.29, 0.717) is 13.2 Å². The standard InChI is InChI=1S/C22H21N3O/c1-17-11-13-18(14-12-17)23-22-24-20-9-5-6-10-21(20)25(22)15-16-26-19-7-3-2-4-8-19/h2-14H,15-16H2,1H3,(H,23,24). The summed E-state index contributed by atoms with van der Waals surface area (Å²) in [7, 11) is 0. The third-order valence-corrected chi connectivity index (χ3v) is 4.29. The van der Waals surface area contributed by atoms with E-state index in [0.717, 1.165) is 28.4 Å². The van der Waals surface area contributed by atoms with Crippen LogP contribution in [0.1, 0.15) is 5.56 Å². The lowest BCUT2D eigenvalue weighted by Crippen LogP contribution is -2.10. The molecular weight excluding hydrogens is 322 g/mol. The molecular formula is C22H21N3O. The maximum Gasteiger partial charge on any atom is 0.208 e. The van der Waals surface area contributed by atoms with Crippen molar-refractivity contribution in [1.29, 1.82) is 0 Å². The van der Waals surface area contributed by atoms with Crippen molar-refractivity contribution in [2.45, 2.75) is 13.5 Å². The predicted molar refractivity (Wildman–Crippen MR) is 106 cm³/mol. The molecule has 3 aromatic carbocycles. The van der Waals surface area contributed by atoms with Crippen LogP contribution in [0, 0.1) is 6.92 Å². The Morgan fingerprint density at radius 2 is 1.62 bits per heavy atom. The van der Waals surface area contributed by atoms with E-state index in [1.54, 1.807) is 0 Å². The minimum absolute atomic E-state index is 0.576. The lowest BCUT2D eigenvalue weighted by molar-refractivity contribution is 0.301. The fourth-order valence-electron chi connectivity index (χ4n) is 2.93. The summed E-state index contributed by atoms with van der Waals surface area (Å²) in [6.07, 6.45) is 0. The number of aromatic nitrogens is 2. The van der Waals surface area contributed by atoms with Crippen molar-refractivity contribution in [2.24, 2.45) is 0 Å². The highest BCUT2D eigenvalue weighted by molar-refractivity contribution is 5.79. The van der Waals surface area contributed by atoms with E-state index in [4.69, 9.17) is 9.72 Å². The molecule has 4 heteroatoms. The third kappa shape index (κ3) is 3.54. The molecule has 0 radical (unpaired) electrons. The monoisotopic (exact) mass is 343 g/mol. The van der Waals surface area contributed by atoms with Gasteiger partial charge in [-0.3, -0.25) is 0 Å². The van der Waals surface area contributed by atoms with Crippen molar-refractivity contribution in [1.82, 2.24) is 9.55 Å². The maximum atomic E-state index is 5.87. The van der Waals surface area contributed by atoms with E-state index in [9.17, 15) is 0 Å². The molecule has 26 heavy (non-hydrogen) atoms. The number of hydrogen-bond donors (Lipinski definition) is 1. The van der Waals surface area contributed by atoms with E-state index in [-0.39, 0.29) is 0 Å². The number of ether oxygens (including phenoxy) is 1. The van der Waals surface area contributed by atoms with E-state index in [2.05, 4.69) is 47.1 Å². The molecule has 0 saturated carbocycles. The Labute approximate surface area is 153 Å². The number of anilines is 2. The zero-order chi connectivity index (χ0) is 17.8. The molecule has 1 aromatic heterocycles. The topological polar surface area (TPSA) is 39.1 Å². The molecule has 0 fully saturated rings. The molecule has 0 aliphatic rings. The lowest BCUT2D eigenvalue weighted by atomic mass is 10.2. The average molecular weight is 343 g/mol. The molecule has 4 rings (SSSR count). The lowest BCUT2D eigenvalue weighted by Gasteiger charge is -2.12. The summed E-state index contributed by atoms with van der Waals surface area (Å²) >= 11 is 0. The largest absolute Gasteiger partial charge is 0.492 e. The van der Waals surface area contributed by atoms with Crippen LogP contribution in [0.5, 0.6) is 5.75 Å². The first-order chi connectivity index (χ1) is 12.8. The summed E-state index contributed by atoms with van der Waals surface area (Å²) in [5, 5.41) is 3.43. The van der Waals surface area contributed by atoms with Crippen LogP contribution in [-0.2, 0) is 6.54 Å². The highest BCUT2D eigenvalue weighted by Crippen LogP contribution is 2.23. The Bertz CT molecular complexity index is 991. The van der Waals surface area contributed by atoms with Gasteiger partial charge in [0.1, 0.15) is 12.4 Å². The van der Waals surface area contributed by atoms with Crippen LogP contribution < -0.4 is 10.1 Å². The summed E-state index contributed by atoms with van der Waals surface area (Å²) in [6.45, 7) is 3.37. The Morgan fingerprint density at radius 1 is 0.885 bits per heavy atom. The van der Waals surface area contributed by atoms with E-state index in [1.807, 2.05) is 48.5 Å². The molecule has 0 spiro atoms. The van der Waals surface area contributed by atoms with Crippen LogP contribution in [0.25, 0.3) is 11.0 Å². The SMILES string of the molecule is Cc1ccc(Nc2nc3ccccc3n2CCOc2ccccc2)cc1. The molecule has 0 bridgehead atoms. The molecule has 0 atom stereocenters. The molecule has 130 valence electrons. The summed E-state index contributed by atoms with van der Waals surface area (Å²) in [4.78, 5) is 4.75. The second-order valence-electron chi connectivity index (χ2n) is 6.23. The van der Waals surface area contributed by atoms with Gasteiger partial charge >= 0.3 is 0 Å². The predicted octanol–water partition coefficient (Wildman–Crippen LogP) is 5.17. The van der Waals surface area contributed by atoms with Gasteiger partial charge in [0.15, 0.2) is 0 Å². The van der Waals surface area contributed by atoms with Gasteiger partial charge < -0.3 is 14.6 Å². The highest BCUT2D eigenvalue weighted by Gasteiger charge is 2.10. The number of rotatable bonds is 6. The Balaban J connectivity index is 1.58. The second kappa shape index (κ2) is 7.31. The Morgan fingerprint density at radius 3 is 2.42 bits per heavy atom. The normalized spacial score (nSPS) is 10.8. The number of nitrogens with zero attached hydrogens (tertiary/aromatic N) is 2. The third-order valence-electron chi connectivity index (χ3n) is 4.29. The Hall–Kier alpha value is -3.27. The molecule has 0 saturated heterocycles. The maximum absolute atomic E-state index is 5.87. The zero-order valence-electron chi connectivity index (χ0n) is 14.7. The van der Waals surface area contributed by atoms with Gasteiger partial charge in [-0.05, 0) is 43.3 Å². The summed E-state index contributed by atoms with van der Waals surface area (Å²) in [5.41, 5.74) is 4.33. The van der Waals surface area contributed by atoms with Crippen molar-refractivity contribution >= 4 is 22.7 Å². The number of hydrogen-bond acceptors (Lipinski definition) is 3. The molecule has 0 aliphatic carbocycles. The van der Waals surface area contributed by atoms with Gasteiger partial charge in [-0.15, -0.1) is 0 Å². The molecule has 4 aromatic rings. The molecule has 0 unspecified atom stereocenters. The van der Waals surface area contributed by atoms with Crippen LogP contribution in [-0.4, -0.2) is 16.2 Å². The second-order valence-corrected chi connectivity index (χ2v) is 6.23. The van der Waals surface area contributed by atoms with Crippen LogP contribution in [0.4, 0.5) is 11.6 Å². The molecule has 1 heterocycles. The van der Waals surface area contributed by atoms with E-state index in [1.165, 1.54) is 5.56 Å². The van der Waals surface area contributed by atoms with Gasteiger partial charge in [0.05, 0.1) is 17.6 Å². The van der Waals surface area contributed by atoms with Crippen molar-refractivity contribution in [3.8, 4) is 5.75 Å². The van der Waals surface area contributed by atoms with E-state index < -0.39 is 0 Å². The van der Waals surface area contributed by atoms with Crippen molar-refractivity contribution < 1.29 is 4.74 Å². The highest BCUT2D eigenvalue weighted by atomic mass is 16.5. The van der Waals surface area contributed by atoms with Gasteiger partial charge in [-0.1, -0.05) is 48.0 Å². The quantitative estimate of drug-likeness (QED) is 0.525. The molecule has 4 nitrogen and oxygen atoms in total. The minimum atomic E-state index is 0.576. The van der Waals surface area contributed by atoms with Gasteiger partial charge in [0.2, 0.25) is 5.95 Å².